The van der Waals surface area contributed by atoms with Crippen LogP contribution in [0.1, 0.15) is 34.1 Å². The van der Waals surface area contributed by atoms with Gasteiger partial charge in [0.25, 0.3) is 0 Å². The van der Waals surface area contributed by atoms with E-state index in [4.69, 9.17) is 0 Å². The van der Waals surface area contributed by atoms with Gasteiger partial charge in [-0.15, -0.1) is 0 Å². The van der Waals surface area contributed by atoms with Crippen molar-refractivity contribution < 1.29 is 0 Å². The molecule has 0 bridgehead atoms. The lowest BCUT2D eigenvalue weighted by atomic mass is 9.91. The molecule has 2 nitrogen and oxygen atoms in total. The van der Waals surface area contributed by atoms with Crippen LogP contribution in [0.3, 0.4) is 0 Å². The van der Waals surface area contributed by atoms with Crippen molar-refractivity contribution in [2.24, 2.45) is 5.41 Å². The van der Waals surface area contributed by atoms with E-state index < -0.39 is 0 Å². The summed E-state index contributed by atoms with van der Waals surface area (Å²) in [5.74, 6) is 0. The van der Waals surface area contributed by atoms with Crippen LogP contribution in [0.2, 0.25) is 0 Å². The maximum Gasteiger partial charge on any atom is -0.0140 e. The first-order chi connectivity index (χ1) is 4.79. The van der Waals surface area contributed by atoms with Gasteiger partial charge in [0.1, 0.15) is 0 Å². The number of hydrogen-bond donors (Lipinski definition) is 1. The Kier molecular flexibility index (Phi) is 13.4. The monoisotopic (exact) mass is 175 g/mol. The van der Waals surface area contributed by atoms with Crippen LogP contribution in [-0.2, 0) is 0 Å². The average Bonchev–Trinajstić information content (AvgIpc) is 1.58. The minimum atomic E-state index is 0. The largest absolute Gasteiger partial charge is 0.344 e. The molecule has 0 atom stereocenters. The standard InChI is InChI=1S/C7H15.C3H9N.H3N/c1-5-6-7(2,3)4;1-4(2)3;/h6H,5H2,1-4H3;1-3H3;1H3. The van der Waals surface area contributed by atoms with Gasteiger partial charge in [0.15, 0.2) is 0 Å². The summed E-state index contributed by atoms with van der Waals surface area (Å²) in [7, 11) is 6.00. The molecule has 3 N–H and O–H groups in total. The van der Waals surface area contributed by atoms with Gasteiger partial charge < -0.3 is 11.1 Å². The van der Waals surface area contributed by atoms with E-state index in [9.17, 15) is 0 Å². The second-order valence-electron chi connectivity index (χ2n) is 4.32. The summed E-state index contributed by atoms with van der Waals surface area (Å²) in [5.41, 5.74) is 0.425. The molecule has 0 aliphatic heterocycles. The Balaban J connectivity index is -0.000000142. The third-order valence-corrected chi connectivity index (χ3v) is 0.816. The van der Waals surface area contributed by atoms with Crippen molar-refractivity contribution in [3.8, 4) is 0 Å². The van der Waals surface area contributed by atoms with Gasteiger partial charge in [-0.05, 0) is 33.0 Å². The summed E-state index contributed by atoms with van der Waals surface area (Å²) in [6.07, 6.45) is 3.50. The summed E-state index contributed by atoms with van der Waals surface area (Å²) in [4.78, 5) is 2.00. The second kappa shape index (κ2) is 9.01. The Morgan fingerprint density at radius 3 is 1.33 bits per heavy atom. The van der Waals surface area contributed by atoms with Crippen LogP contribution in [0.25, 0.3) is 0 Å². The minimum absolute atomic E-state index is 0. The molecule has 0 heterocycles. The number of hydrogen-bond acceptors (Lipinski definition) is 2. The summed E-state index contributed by atoms with van der Waals surface area (Å²) < 4.78 is 0. The van der Waals surface area contributed by atoms with Crippen molar-refractivity contribution in [1.82, 2.24) is 11.1 Å². The first-order valence-electron chi connectivity index (χ1n) is 4.25. The summed E-state index contributed by atoms with van der Waals surface area (Å²) in [6, 6.07) is 0. The van der Waals surface area contributed by atoms with Gasteiger partial charge in [0, 0.05) is 0 Å². The summed E-state index contributed by atoms with van der Waals surface area (Å²) in [5, 5.41) is 0. The molecule has 0 spiro atoms. The molecule has 0 aliphatic carbocycles. The molecule has 0 fully saturated rings. The zero-order valence-electron chi connectivity index (χ0n) is 9.94. The van der Waals surface area contributed by atoms with Gasteiger partial charge in [-0.25, -0.2) is 0 Å². The zero-order valence-corrected chi connectivity index (χ0v) is 9.94. The van der Waals surface area contributed by atoms with E-state index in [-0.39, 0.29) is 6.15 Å². The van der Waals surface area contributed by atoms with E-state index in [0.717, 1.165) is 0 Å². The fraction of sp³-hybridized carbons (Fsp3) is 0.900. The molecule has 77 valence electrons. The van der Waals surface area contributed by atoms with Crippen LogP contribution in [0.15, 0.2) is 0 Å². The molecule has 0 rings (SSSR count). The SMILES string of the molecule is CC[CH]C(C)(C)C.CN(C)C.N. The van der Waals surface area contributed by atoms with Crippen molar-refractivity contribution >= 4 is 0 Å². The van der Waals surface area contributed by atoms with Gasteiger partial charge in [-0.1, -0.05) is 34.1 Å². The maximum absolute atomic E-state index is 2.31. The van der Waals surface area contributed by atoms with Crippen molar-refractivity contribution in [2.45, 2.75) is 34.1 Å². The second-order valence-corrected chi connectivity index (χ2v) is 4.32. The van der Waals surface area contributed by atoms with Crippen molar-refractivity contribution in [3.63, 3.8) is 0 Å². The molecule has 1 radical (unpaired) electrons. The van der Waals surface area contributed by atoms with Crippen molar-refractivity contribution in [3.05, 3.63) is 6.42 Å². The molecule has 12 heavy (non-hydrogen) atoms. The molecular formula is C10H27N2. The Morgan fingerprint density at radius 2 is 1.33 bits per heavy atom. The molecule has 0 aromatic heterocycles. The molecule has 2 heteroatoms. The highest BCUT2D eigenvalue weighted by atomic mass is 15.0. The van der Waals surface area contributed by atoms with E-state index in [0.29, 0.717) is 5.41 Å². The van der Waals surface area contributed by atoms with Gasteiger partial charge in [-0.3, -0.25) is 0 Å². The lowest BCUT2D eigenvalue weighted by Crippen LogP contribution is -2.03. The predicted octanol–water partition coefficient (Wildman–Crippen LogP) is 2.99. The minimum Gasteiger partial charge on any atom is -0.344 e. The maximum atomic E-state index is 2.31. The third-order valence-electron chi connectivity index (χ3n) is 0.816. The summed E-state index contributed by atoms with van der Waals surface area (Å²) in [6.45, 7) is 8.83. The Labute approximate surface area is 78.9 Å². The molecule has 0 amide bonds. The molecule has 0 saturated carbocycles. The topological polar surface area (TPSA) is 38.2 Å². The molecular weight excluding hydrogens is 148 g/mol. The van der Waals surface area contributed by atoms with E-state index in [1.807, 2.05) is 26.0 Å². The van der Waals surface area contributed by atoms with Crippen LogP contribution >= 0.6 is 0 Å². The van der Waals surface area contributed by atoms with E-state index in [1.165, 1.54) is 6.42 Å². The fourth-order valence-corrected chi connectivity index (χ4v) is 0.612. The Hall–Kier alpha value is -0.0800. The van der Waals surface area contributed by atoms with Crippen LogP contribution in [0.5, 0.6) is 0 Å². The van der Waals surface area contributed by atoms with Crippen LogP contribution in [-0.4, -0.2) is 26.0 Å². The Bertz CT molecular complexity index is 69.6. The zero-order chi connectivity index (χ0) is 9.49. The van der Waals surface area contributed by atoms with Gasteiger partial charge in [0.05, 0.1) is 0 Å². The highest BCUT2D eigenvalue weighted by molar-refractivity contribution is 4.78. The van der Waals surface area contributed by atoms with Crippen LogP contribution in [0.4, 0.5) is 0 Å². The first-order valence-corrected chi connectivity index (χ1v) is 4.25. The van der Waals surface area contributed by atoms with Crippen molar-refractivity contribution in [1.29, 1.82) is 0 Å². The highest BCUT2D eigenvalue weighted by Crippen LogP contribution is 2.18. The van der Waals surface area contributed by atoms with E-state index in [1.54, 1.807) is 0 Å². The molecule has 0 saturated heterocycles. The lowest BCUT2D eigenvalue weighted by Gasteiger charge is -2.14. The van der Waals surface area contributed by atoms with Gasteiger partial charge in [-0.2, -0.15) is 0 Å². The molecule has 0 aromatic carbocycles. The lowest BCUT2D eigenvalue weighted by molar-refractivity contribution is 0.479. The third kappa shape index (κ3) is 51.4. The first kappa shape index (κ1) is 17.9. The number of nitrogens with zero attached hydrogens (tertiary/aromatic N) is 1. The highest BCUT2D eigenvalue weighted by Gasteiger charge is 2.06. The van der Waals surface area contributed by atoms with Gasteiger partial charge in [0.2, 0.25) is 0 Å². The molecule has 0 unspecified atom stereocenters. The van der Waals surface area contributed by atoms with Crippen LogP contribution in [0, 0.1) is 11.8 Å². The Morgan fingerprint density at radius 1 is 1.08 bits per heavy atom. The molecule has 0 aromatic rings. The average molecular weight is 175 g/mol. The summed E-state index contributed by atoms with van der Waals surface area (Å²) >= 11 is 0. The van der Waals surface area contributed by atoms with Gasteiger partial charge >= 0.3 is 0 Å². The number of rotatable bonds is 1. The smallest absolute Gasteiger partial charge is 0.0140 e. The predicted molar refractivity (Wildman–Crippen MR) is 58.7 cm³/mol. The van der Waals surface area contributed by atoms with Crippen molar-refractivity contribution in [2.75, 3.05) is 21.1 Å². The normalized spacial score (nSPS) is 10.0. The fourth-order valence-electron chi connectivity index (χ4n) is 0.612. The quantitative estimate of drug-likeness (QED) is 0.665. The van der Waals surface area contributed by atoms with Crippen LogP contribution < -0.4 is 6.15 Å². The molecule has 0 aliphatic rings. The van der Waals surface area contributed by atoms with E-state index in [2.05, 4.69) is 34.1 Å². The van der Waals surface area contributed by atoms with E-state index >= 15 is 0 Å².